The third-order valence-corrected chi connectivity index (χ3v) is 7.64. The SMILES string of the molecule is C=C/C=C(\C=C/C(C)Cl)C(C(=C)/C=C\C(Cl)=C/C)N1CCN(CC2NC(=NCCCNC)c3ccccc3N2)CC1.CC. The van der Waals surface area contributed by atoms with Crippen molar-refractivity contribution in [2.24, 2.45) is 4.99 Å². The molecule has 6 nitrogen and oxygen atoms in total. The van der Waals surface area contributed by atoms with E-state index < -0.39 is 0 Å². The number of allylic oxidation sites excluding steroid dienone is 6. The number of benzene rings is 1. The summed E-state index contributed by atoms with van der Waals surface area (Å²) in [7, 11) is 1.97. The van der Waals surface area contributed by atoms with Crippen LogP contribution in [0.3, 0.4) is 0 Å². The molecule has 2 heterocycles. The van der Waals surface area contributed by atoms with Gasteiger partial charge in [-0.2, -0.15) is 0 Å². The average molecular weight is 628 g/mol. The van der Waals surface area contributed by atoms with E-state index in [-0.39, 0.29) is 17.6 Å². The Morgan fingerprint density at radius 1 is 1.14 bits per heavy atom. The first kappa shape index (κ1) is 36.6. The maximum absolute atomic E-state index is 6.27. The minimum Gasteiger partial charge on any atom is -0.364 e. The number of alkyl halides is 1. The molecule has 2 aliphatic rings. The summed E-state index contributed by atoms with van der Waals surface area (Å²) in [4.78, 5) is 9.89. The molecule has 3 unspecified atom stereocenters. The van der Waals surface area contributed by atoms with Gasteiger partial charge in [0.25, 0.3) is 0 Å². The molecule has 0 amide bonds. The highest BCUT2D eigenvalue weighted by Gasteiger charge is 2.29. The van der Waals surface area contributed by atoms with Gasteiger partial charge in [0.2, 0.25) is 0 Å². The van der Waals surface area contributed by atoms with Crippen molar-refractivity contribution in [3.05, 3.63) is 102 Å². The molecule has 3 atom stereocenters. The first-order chi connectivity index (χ1) is 20.9. The number of anilines is 1. The van der Waals surface area contributed by atoms with Crippen LogP contribution < -0.4 is 16.0 Å². The number of piperazine rings is 1. The van der Waals surface area contributed by atoms with Crippen LogP contribution in [0, 0.1) is 0 Å². The van der Waals surface area contributed by atoms with Crippen molar-refractivity contribution in [2.75, 3.05) is 58.2 Å². The highest BCUT2D eigenvalue weighted by atomic mass is 35.5. The number of nitrogens with one attached hydrogen (secondary N) is 3. The van der Waals surface area contributed by atoms with Crippen LogP contribution in [0.1, 0.15) is 39.7 Å². The third-order valence-electron chi connectivity index (χ3n) is 7.15. The molecule has 2 aliphatic heterocycles. The van der Waals surface area contributed by atoms with Crippen molar-refractivity contribution < 1.29 is 0 Å². The molecular weight excluding hydrogens is 575 g/mol. The molecule has 8 heteroatoms. The number of amidine groups is 1. The molecule has 3 rings (SSSR count). The zero-order chi connectivity index (χ0) is 31.6. The van der Waals surface area contributed by atoms with Gasteiger partial charge in [-0.05, 0) is 63.2 Å². The number of para-hydroxylation sites is 1. The fraction of sp³-hybridized carbons (Fsp3) is 0.457. The summed E-state index contributed by atoms with van der Waals surface area (Å²) in [6, 6.07) is 8.39. The molecule has 0 spiro atoms. The monoisotopic (exact) mass is 626 g/mol. The van der Waals surface area contributed by atoms with Crippen molar-refractivity contribution in [1.82, 2.24) is 20.4 Å². The fourth-order valence-corrected chi connectivity index (χ4v) is 5.20. The largest absolute Gasteiger partial charge is 0.364 e. The van der Waals surface area contributed by atoms with Crippen molar-refractivity contribution in [3.63, 3.8) is 0 Å². The third kappa shape index (κ3) is 12.1. The lowest BCUT2D eigenvalue weighted by molar-refractivity contribution is 0.116. The Morgan fingerprint density at radius 3 is 2.51 bits per heavy atom. The zero-order valence-electron chi connectivity index (χ0n) is 26.8. The predicted octanol–water partition coefficient (Wildman–Crippen LogP) is 6.95. The molecule has 43 heavy (non-hydrogen) atoms. The number of rotatable bonds is 14. The van der Waals surface area contributed by atoms with E-state index in [1.165, 1.54) is 0 Å². The number of nitrogens with zero attached hydrogens (tertiary/aromatic N) is 3. The van der Waals surface area contributed by atoms with E-state index in [0.717, 1.165) is 80.5 Å². The predicted molar refractivity (Wildman–Crippen MR) is 191 cm³/mol. The lowest BCUT2D eigenvalue weighted by Crippen LogP contribution is -2.57. The van der Waals surface area contributed by atoms with Gasteiger partial charge in [0.15, 0.2) is 0 Å². The average Bonchev–Trinajstić information content (AvgIpc) is 3.02. The summed E-state index contributed by atoms with van der Waals surface area (Å²) >= 11 is 12.5. The second kappa shape index (κ2) is 20.4. The lowest BCUT2D eigenvalue weighted by atomic mass is 9.95. The summed E-state index contributed by atoms with van der Waals surface area (Å²) in [5.74, 6) is 0.974. The molecule has 0 saturated carbocycles. The molecule has 1 aromatic rings. The Kier molecular flexibility index (Phi) is 17.3. The van der Waals surface area contributed by atoms with E-state index in [4.69, 9.17) is 28.2 Å². The molecule has 0 bridgehead atoms. The number of hydrogen-bond donors (Lipinski definition) is 3. The molecule has 236 valence electrons. The maximum atomic E-state index is 6.27. The molecule has 1 aromatic carbocycles. The van der Waals surface area contributed by atoms with E-state index in [0.29, 0.717) is 5.03 Å². The van der Waals surface area contributed by atoms with Crippen LogP contribution in [0.2, 0.25) is 0 Å². The fourth-order valence-electron chi connectivity index (χ4n) is 5.06. The molecule has 3 N–H and O–H groups in total. The van der Waals surface area contributed by atoms with Crippen molar-refractivity contribution in [1.29, 1.82) is 0 Å². The molecule has 0 aromatic heterocycles. The van der Waals surface area contributed by atoms with Gasteiger partial charge in [0.1, 0.15) is 12.0 Å². The summed E-state index contributed by atoms with van der Waals surface area (Å²) in [5.41, 5.74) is 4.35. The normalized spacial score (nSPS) is 20.6. The number of halogens is 2. The van der Waals surface area contributed by atoms with Crippen LogP contribution in [0.5, 0.6) is 0 Å². The second-order valence-electron chi connectivity index (χ2n) is 10.3. The lowest BCUT2D eigenvalue weighted by Gasteiger charge is -2.42. The van der Waals surface area contributed by atoms with Gasteiger partial charge in [-0.15, -0.1) is 11.6 Å². The van der Waals surface area contributed by atoms with E-state index in [1.807, 2.05) is 71.2 Å². The standard InChI is InChI=1S/C33H46Cl2N6.C2H6/c1-6-11-27(16-15-26(4)34)32(25(3)14-17-28(35)7-2)41-22-20-40(21-23-41)24-31-38-30-13-9-8-12-29(30)33(39-31)37-19-10-18-36-5;1-2/h6-9,11-17,26,31-32,36,38H,1,3,10,18-24H2,2,4-5H3,(H,37,39);1-2H3/b16-15-,17-14-,27-11+,28-7+;. The molecule has 0 radical (unpaired) electrons. The molecule has 1 fully saturated rings. The van der Waals surface area contributed by atoms with Crippen LogP contribution >= 0.6 is 23.2 Å². The van der Waals surface area contributed by atoms with Crippen molar-refractivity contribution in [3.8, 4) is 0 Å². The Labute approximate surface area is 271 Å². The van der Waals surface area contributed by atoms with Gasteiger partial charge < -0.3 is 16.0 Å². The Hall–Kier alpha value is -2.61. The van der Waals surface area contributed by atoms with E-state index in [1.54, 1.807) is 0 Å². The smallest absolute Gasteiger partial charge is 0.132 e. The van der Waals surface area contributed by atoms with Crippen LogP contribution in [-0.2, 0) is 0 Å². The van der Waals surface area contributed by atoms with Gasteiger partial charge in [-0.25, -0.2) is 0 Å². The Balaban J connectivity index is 0.00000316. The Morgan fingerprint density at radius 2 is 1.86 bits per heavy atom. The highest BCUT2D eigenvalue weighted by Crippen LogP contribution is 2.25. The molecule has 0 aliphatic carbocycles. The first-order valence-electron chi connectivity index (χ1n) is 15.5. The van der Waals surface area contributed by atoms with Gasteiger partial charge in [-0.1, -0.05) is 87.2 Å². The highest BCUT2D eigenvalue weighted by molar-refractivity contribution is 6.31. The minimum atomic E-state index is -0.0700. The van der Waals surface area contributed by atoms with Crippen LogP contribution in [0.15, 0.2) is 101 Å². The van der Waals surface area contributed by atoms with Gasteiger partial charge in [-0.3, -0.25) is 14.8 Å². The summed E-state index contributed by atoms with van der Waals surface area (Å²) in [5, 5.41) is 11.2. The number of fused-ring (bicyclic) bond motifs is 1. The van der Waals surface area contributed by atoms with Crippen LogP contribution in [0.25, 0.3) is 0 Å². The summed E-state index contributed by atoms with van der Waals surface area (Å²) in [6.45, 7) is 22.6. The van der Waals surface area contributed by atoms with Gasteiger partial charge in [0, 0.05) is 60.9 Å². The first-order valence-corrected chi connectivity index (χ1v) is 16.3. The second-order valence-corrected chi connectivity index (χ2v) is 11.5. The van der Waals surface area contributed by atoms with Crippen LogP contribution in [0.4, 0.5) is 5.69 Å². The number of hydrogen-bond acceptors (Lipinski definition) is 5. The minimum absolute atomic E-state index is 0.00598. The van der Waals surface area contributed by atoms with E-state index in [9.17, 15) is 0 Å². The zero-order valence-corrected chi connectivity index (χ0v) is 28.3. The van der Waals surface area contributed by atoms with Crippen molar-refractivity contribution in [2.45, 2.75) is 51.7 Å². The van der Waals surface area contributed by atoms with E-state index in [2.05, 4.69) is 69.2 Å². The van der Waals surface area contributed by atoms with Crippen LogP contribution in [-0.4, -0.2) is 86.1 Å². The Bertz CT molecular complexity index is 1160. The number of aliphatic imine (C=N–C) groups is 1. The van der Waals surface area contributed by atoms with Crippen molar-refractivity contribution >= 4 is 34.7 Å². The molecular formula is C35H52Cl2N6. The van der Waals surface area contributed by atoms with Gasteiger partial charge in [0.05, 0.1) is 6.04 Å². The quantitative estimate of drug-likeness (QED) is 0.119. The van der Waals surface area contributed by atoms with Gasteiger partial charge >= 0.3 is 0 Å². The summed E-state index contributed by atoms with van der Waals surface area (Å²) < 4.78 is 0. The summed E-state index contributed by atoms with van der Waals surface area (Å²) in [6.07, 6.45) is 14.9. The topological polar surface area (TPSA) is 54.9 Å². The maximum Gasteiger partial charge on any atom is 0.132 e. The van der Waals surface area contributed by atoms with E-state index >= 15 is 0 Å². The molecule has 1 saturated heterocycles.